The van der Waals surface area contributed by atoms with Crippen LogP contribution in [0.25, 0.3) is 0 Å². The number of nitrogens with one attached hydrogen (secondary N) is 2. The van der Waals surface area contributed by atoms with Crippen molar-refractivity contribution in [1.82, 2.24) is 15.5 Å². The minimum atomic E-state index is -0.982. The zero-order chi connectivity index (χ0) is 14.2. The summed E-state index contributed by atoms with van der Waals surface area (Å²) in [7, 11) is 0. The molecule has 0 aromatic rings. The van der Waals surface area contributed by atoms with Gasteiger partial charge in [0.05, 0.1) is 6.04 Å². The van der Waals surface area contributed by atoms with Crippen molar-refractivity contribution in [1.29, 1.82) is 0 Å². The highest BCUT2D eigenvalue weighted by Crippen LogP contribution is 2.23. The van der Waals surface area contributed by atoms with Gasteiger partial charge in [-0.3, -0.25) is 19.7 Å². The molecule has 2 N–H and O–H groups in total. The molecule has 2 saturated heterocycles. The minimum Gasteiger partial charge on any atom is -0.318 e. The highest BCUT2D eigenvalue weighted by atomic mass is 16.2. The molecule has 2 rings (SSSR count). The third-order valence-electron chi connectivity index (χ3n) is 4.09. The Balaban J connectivity index is 2.20. The summed E-state index contributed by atoms with van der Waals surface area (Å²) in [5.41, 5.74) is -0.982. The smallest absolute Gasteiger partial charge is 0.252 e. The first-order chi connectivity index (χ1) is 8.84. The Morgan fingerprint density at radius 1 is 1.37 bits per heavy atom. The number of imide groups is 1. The van der Waals surface area contributed by atoms with Gasteiger partial charge in [0.2, 0.25) is 11.8 Å². The maximum absolute atomic E-state index is 12.6. The summed E-state index contributed by atoms with van der Waals surface area (Å²) in [6.45, 7) is 6.10. The Labute approximate surface area is 112 Å². The van der Waals surface area contributed by atoms with Gasteiger partial charge in [0.25, 0.3) is 5.91 Å². The summed E-state index contributed by atoms with van der Waals surface area (Å²) in [5.74, 6) is -0.765. The Morgan fingerprint density at radius 3 is 2.68 bits per heavy atom. The minimum absolute atomic E-state index is 0.0531. The van der Waals surface area contributed by atoms with Crippen LogP contribution in [0.1, 0.15) is 33.6 Å². The molecule has 6 heteroatoms. The lowest BCUT2D eigenvalue weighted by Gasteiger charge is -2.43. The largest absolute Gasteiger partial charge is 0.318 e. The number of carbonyl (C=O) groups excluding carboxylic acids is 3. The molecule has 0 bridgehead atoms. The topological polar surface area (TPSA) is 78.5 Å². The van der Waals surface area contributed by atoms with Crippen molar-refractivity contribution in [3.05, 3.63) is 0 Å². The molecule has 0 spiro atoms. The van der Waals surface area contributed by atoms with Gasteiger partial charge in [-0.1, -0.05) is 6.92 Å². The molecule has 106 valence electrons. The Morgan fingerprint density at radius 2 is 2.05 bits per heavy atom. The van der Waals surface area contributed by atoms with Crippen LogP contribution in [0, 0.1) is 5.92 Å². The molecular formula is C13H21N3O3. The Bertz CT molecular complexity index is 419. The fourth-order valence-electron chi connectivity index (χ4n) is 2.68. The van der Waals surface area contributed by atoms with Crippen molar-refractivity contribution >= 4 is 17.7 Å². The predicted octanol–water partition coefficient (Wildman–Crippen LogP) is -0.362. The Hall–Kier alpha value is -1.43. The van der Waals surface area contributed by atoms with E-state index in [2.05, 4.69) is 10.6 Å². The van der Waals surface area contributed by atoms with Crippen LogP contribution >= 0.6 is 0 Å². The van der Waals surface area contributed by atoms with Gasteiger partial charge in [-0.05, 0) is 39.2 Å². The van der Waals surface area contributed by atoms with Crippen LogP contribution in [-0.4, -0.2) is 47.3 Å². The first-order valence-corrected chi connectivity index (χ1v) is 6.73. The van der Waals surface area contributed by atoms with Crippen LogP contribution < -0.4 is 10.6 Å². The fourth-order valence-corrected chi connectivity index (χ4v) is 2.68. The van der Waals surface area contributed by atoms with Crippen molar-refractivity contribution in [3.63, 3.8) is 0 Å². The van der Waals surface area contributed by atoms with Gasteiger partial charge in [-0.25, -0.2) is 0 Å². The van der Waals surface area contributed by atoms with E-state index in [0.29, 0.717) is 0 Å². The van der Waals surface area contributed by atoms with Gasteiger partial charge in [-0.15, -0.1) is 0 Å². The molecule has 2 aliphatic heterocycles. The van der Waals surface area contributed by atoms with Gasteiger partial charge < -0.3 is 10.2 Å². The molecule has 0 aromatic carbocycles. The lowest BCUT2D eigenvalue weighted by atomic mass is 9.89. The Kier molecular flexibility index (Phi) is 3.62. The number of piperazine rings is 1. The molecule has 2 atom stereocenters. The van der Waals surface area contributed by atoms with Crippen LogP contribution in [-0.2, 0) is 14.4 Å². The van der Waals surface area contributed by atoms with E-state index in [1.54, 1.807) is 13.8 Å². The average Bonchev–Trinajstić information content (AvgIpc) is 2.34. The van der Waals surface area contributed by atoms with E-state index in [1.807, 2.05) is 6.92 Å². The second kappa shape index (κ2) is 4.92. The SMILES string of the molecule is CC1CCCNC1C(=O)N1CC(=O)NC(=O)C1(C)C. The average molecular weight is 267 g/mol. The first-order valence-electron chi connectivity index (χ1n) is 6.73. The van der Waals surface area contributed by atoms with Gasteiger partial charge in [0.1, 0.15) is 12.1 Å². The van der Waals surface area contributed by atoms with Crippen molar-refractivity contribution in [2.75, 3.05) is 13.1 Å². The maximum Gasteiger partial charge on any atom is 0.252 e. The lowest BCUT2D eigenvalue weighted by molar-refractivity contribution is -0.157. The lowest BCUT2D eigenvalue weighted by Crippen LogP contribution is -2.68. The zero-order valence-corrected chi connectivity index (χ0v) is 11.7. The molecule has 0 aliphatic carbocycles. The molecule has 2 fully saturated rings. The summed E-state index contributed by atoms with van der Waals surface area (Å²) < 4.78 is 0. The van der Waals surface area contributed by atoms with Gasteiger partial charge in [0.15, 0.2) is 0 Å². The summed E-state index contributed by atoms with van der Waals surface area (Å²) in [4.78, 5) is 37.4. The van der Waals surface area contributed by atoms with E-state index < -0.39 is 17.4 Å². The summed E-state index contributed by atoms with van der Waals surface area (Å²) in [5, 5.41) is 5.48. The van der Waals surface area contributed by atoms with Crippen molar-refractivity contribution in [2.45, 2.75) is 45.2 Å². The van der Waals surface area contributed by atoms with Crippen LogP contribution in [0.3, 0.4) is 0 Å². The van der Waals surface area contributed by atoms with Crippen LogP contribution in [0.5, 0.6) is 0 Å². The standard InChI is InChI=1S/C13H21N3O3/c1-8-5-4-6-14-10(8)11(18)16-7-9(17)15-12(19)13(16,2)3/h8,10,14H,4-7H2,1-3H3,(H,15,17,19). The number of hydrogen-bond donors (Lipinski definition) is 2. The molecule has 0 radical (unpaired) electrons. The monoisotopic (exact) mass is 267 g/mol. The molecule has 0 aromatic heterocycles. The molecule has 2 aliphatic rings. The second-order valence-electron chi connectivity index (χ2n) is 5.91. The molecule has 3 amide bonds. The highest BCUT2D eigenvalue weighted by molar-refractivity contribution is 6.06. The first kappa shape index (κ1) is 14.0. The number of amides is 3. The third-order valence-corrected chi connectivity index (χ3v) is 4.09. The van der Waals surface area contributed by atoms with E-state index in [1.165, 1.54) is 4.90 Å². The van der Waals surface area contributed by atoms with E-state index in [0.717, 1.165) is 19.4 Å². The van der Waals surface area contributed by atoms with E-state index in [4.69, 9.17) is 0 Å². The number of hydrogen-bond acceptors (Lipinski definition) is 4. The van der Waals surface area contributed by atoms with E-state index >= 15 is 0 Å². The van der Waals surface area contributed by atoms with E-state index in [9.17, 15) is 14.4 Å². The van der Waals surface area contributed by atoms with Crippen LogP contribution in [0.2, 0.25) is 0 Å². The van der Waals surface area contributed by atoms with Gasteiger partial charge >= 0.3 is 0 Å². The zero-order valence-electron chi connectivity index (χ0n) is 11.7. The highest BCUT2D eigenvalue weighted by Gasteiger charge is 2.46. The number of piperidine rings is 1. The second-order valence-corrected chi connectivity index (χ2v) is 5.91. The molecular weight excluding hydrogens is 246 g/mol. The van der Waals surface area contributed by atoms with Crippen molar-refractivity contribution < 1.29 is 14.4 Å². The molecule has 6 nitrogen and oxygen atoms in total. The number of nitrogens with zero attached hydrogens (tertiary/aromatic N) is 1. The number of rotatable bonds is 1. The summed E-state index contributed by atoms with van der Waals surface area (Å²) >= 11 is 0. The van der Waals surface area contributed by atoms with Crippen molar-refractivity contribution in [2.24, 2.45) is 5.92 Å². The summed E-state index contributed by atoms with van der Waals surface area (Å²) in [6.07, 6.45) is 2.03. The predicted molar refractivity (Wildman–Crippen MR) is 69.1 cm³/mol. The van der Waals surface area contributed by atoms with E-state index in [-0.39, 0.29) is 24.4 Å². The third kappa shape index (κ3) is 2.49. The van der Waals surface area contributed by atoms with Gasteiger partial charge in [-0.2, -0.15) is 0 Å². The van der Waals surface area contributed by atoms with Crippen LogP contribution in [0.15, 0.2) is 0 Å². The van der Waals surface area contributed by atoms with Crippen molar-refractivity contribution in [3.8, 4) is 0 Å². The normalized spacial score (nSPS) is 31.0. The number of carbonyl (C=O) groups is 3. The fraction of sp³-hybridized carbons (Fsp3) is 0.769. The van der Waals surface area contributed by atoms with Crippen LogP contribution in [0.4, 0.5) is 0 Å². The maximum atomic E-state index is 12.6. The molecule has 0 saturated carbocycles. The molecule has 2 heterocycles. The molecule has 2 unspecified atom stereocenters. The summed E-state index contributed by atoms with van der Waals surface area (Å²) in [6, 6.07) is -0.299. The molecule has 19 heavy (non-hydrogen) atoms. The quantitative estimate of drug-likeness (QED) is 0.636. The van der Waals surface area contributed by atoms with Gasteiger partial charge in [0, 0.05) is 0 Å².